The molecule has 0 aliphatic carbocycles. The Morgan fingerprint density at radius 1 is 0.870 bits per heavy atom. The number of carbonyl (C=O) groups excluding carboxylic acids is 2. The molecular weight excluding hydrogens is 328 g/mol. The molecule has 0 fully saturated rings. The van der Waals surface area contributed by atoms with Crippen molar-refractivity contribution in [3.63, 3.8) is 0 Å². The van der Waals surface area contributed by atoms with Crippen LogP contribution < -0.4 is 10.6 Å². The molecule has 1 aromatic carbocycles. The summed E-state index contributed by atoms with van der Waals surface area (Å²) in [4.78, 5) is 20.1. The first kappa shape index (κ1) is 24.1. The molecule has 0 aromatic heterocycles. The Bertz CT molecular complexity index is 381. The fraction of sp³-hybridized carbons (Fsp3) is 0.529. The zero-order valence-corrected chi connectivity index (χ0v) is 16.1. The average molecular weight is 359 g/mol. The van der Waals surface area contributed by atoms with E-state index in [-0.39, 0.29) is 10.5 Å². The van der Waals surface area contributed by atoms with Crippen LogP contribution in [0.3, 0.4) is 0 Å². The minimum Gasteiger partial charge on any atom is -0.347 e. The van der Waals surface area contributed by atoms with Gasteiger partial charge in [-0.05, 0) is 19.8 Å². The quantitative estimate of drug-likeness (QED) is 0.434. The fourth-order valence-electron chi connectivity index (χ4n) is 1.28. The van der Waals surface area contributed by atoms with E-state index >= 15 is 0 Å². The number of rotatable bonds is 6. The maximum Gasteiger partial charge on any atom is 0.275 e. The maximum atomic E-state index is 10.1. The average Bonchev–Trinajstić information content (AvgIpc) is 2.49. The van der Waals surface area contributed by atoms with Gasteiger partial charge in [-0.2, -0.15) is 0 Å². The van der Waals surface area contributed by atoms with Gasteiger partial charge in [-0.3, -0.25) is 9.59 Å². The van der Waals surface area contributed by atoms with Gasteiger partial charge in [-0.15, -0.1) is 0 Å². The van der Waals surface area contributed by atoms with Crippen molar-refractivity contribution in [2.24, 2.45) is 0 Å². The highest BCUT2D eigenvalue weighted by molar-refractivity contribution is 7.96. The number of hydrogen-bond donors (Lipinski definition) is 4. The molecule has 0 aliphatic rings. The van der Waals surface area contributed by atoms with E-state index in [1.165, 1.54) is 5.56 Å². The van der Waals surface area contributed by atoms with Gasteiger partial charge in [-0.1, -0.05) is 87.8 Å². The van der Waals surface area contributed by atoms with E-state index in [2.05, 4.69) is 68.8 Å². The molecule has 0 bridgehead atoms. The first-order valence-electron chi connectivity index (χ1n) is 7.89. The second kappa shape index (κ2) is 18.9. The Morgan fingerprint density at radius 3 is 1.48 bits per heavy atom. The van der Waals surface area contributed by atoms with Gasteiger partial charge in [0, 0.05) is 13.1 Å². The molecule has 2 N–H and O–H groups in total. The number of nitrogens with one attached hydrogen (secondary N) is 2. The van der Waals surface area contributed by atoms with Crippen LogP contribution in [0.4, 0.5) is 9.59 Å². The largest absolute Gasteiger partial charge is 0.347 e. The van der Waals surface area contributed by atoms with Crippen LogP contribution in [-0.2, 0) is 0 Å². The number of hydrogen-bond acceptors (Lipinski definition) is 2. The SMILES string of the molecule is CCCCNC(=O)S.CCCCNC(=O)S.Cc1ccccc1. The molecule has 2 amide bonds. The smallest absolute Gasteiger partial charge is 0.275 e. The highest BCUT2D eigenvalue weighted by atomic mass is 32.1. The van der Waals surface area contributed by atoms with Crippen LogP contribution in [0.1, 0.15) is 45.1 Å². The summed E-state index contributed by atoms with van der Waals surface area (Å²) in [7, 11) is 0. The van der Waals surface area contributed by atoms with Crippen molar-refractivity contribution in [2.45, 2.75) is 46.5 Å². The van der Waals surface area contributed by atoms with E-state index in [1.54, 1.807) is 0 Å². The number of amides is 2. The van der Waals surface area contributed by atoms with Crippen LogP contribution in [0, 0.1) is 6.92 Å². The lowest BCUT2D eigenvalue weighted by atomic mass is 10.2. The molecule has 0 aliphatic heterocycles. The summed E-state index contributed by atoms with van der Waals surface area (Å²) in [5.41, 5.74) is 1.32. The molecule has 0 heterocycles. The molecule has 132 valence electrons. The van der Waals surface area contributed by atoms with Gasteiger partial charge in [0.2, 0.25) is 0 Å². The van der Waals surface area contributed by atoms with Crippen LogP contribution in [0.25, 0.3) is 0 Å². The summed E-state index contributed by atoms with van der Waals surface area (Å²) >= 11 is 7.04. The molecule has 0 saturated carbocycles. The van der Waals surface area contributed by atoms with E-state index in [0.29, 0.717) is 0 Å². The normalized spacial score (nSPS) is 8.74. The van der Waals surface area contributed by atoms with Gasteiger partial charge in [0.05, 0.1) is 0 Å². The lowest BCUT2D eigenvalue weighted by Crippen LogP contribution is -2.17. The van der Waals surface area contributed by atoms with E-state index < -0.39 is 0 Å². The summed E-state index contributed by atoms with van der Waals surface area (Å²) in [6, 6.07) is 10.3. The molecule has 6 heteroatoms. The molecule has 23 heavy (non-hydrogen) atoms. The van der Waals surface area contributed by atoms with Crippen molar-refractivity contribution < 1.29 is 9.59 Å². The van der Waals surface area contributed by atoms with E-state index in [0.717, 1.165) is 38.8 Å². The second-order valence-corrected chi connectivity index (χ2v) is 5.64. The number of benzene rings is 1. The van der Waals surface area contributed by atoms with Crippen molar-refractivity contribution in [1.82, 2.24) is 10.6 Å². The summed E-state index contributed by atoms with van der Waals surface area (Å²) in [6.07, 6.45) is 4.28. The fourth-order valence-corrected chi connectivity index (χ4v) is 1.50. The van der Waals surface area contributed by atoms with Crippen molar-refractivity contribution >= 4 is 35.7 Å². The predicted molar refractivity (Wildman–Crippen MR) is 106 cm³/mol. The molecule has 0 saturated heterocycles. The minimum absolute atomic E-state index is 0.238. The molecule has 0 radical (unpaired) electrons. The van der Waals surface area contributed by atoms with Crippen molar-refractivity contribution in [3.8, 4) is 0 Å². The predicted octanol–water partition coefficient (Wildman–Crippen LogP) is 4.85. The van der Waals surface area contributed by atoms with Crippen molar-refractivity contribution in [1.29, 1.82) is 0 Å². The Balaban J connectivity index is 0. The monoisotopic (exact) mass is 358 g/mol. The van der Waals surface area contributed by atoms with Crippen LogP contribution in [0.5, 0.6) is 0 Å². The van der Waals surface area contributed by atoms with Gasteiger partial charge >= 0.3 is 0 Å². The van der Waals surface area contributed by atoms with Gasteiger partial charge < -0.3 is 10.6 Å². The Morgan fingerprint density at radius 2 is 1.26 bits per heavy atom. The van der Waals surface area contributed by atoms with Gasteiger partial charge in [0.15, 0.2) is 0 Å². The number of aryl methyl sites for hydroxylation is 1. The summed E-state index contributed by atoms with van der Waals surface area (Å²) < 4.78 is 0. The molecule has 0 unspecified atom stereocenters. The maximum absolute atomic E-state index is 10.1. The van der Waals surface area contributed by atoms with Crippen molar-refractivity contribution in [3.05, 3.63) is 35.9 Å². The topological polar surface area (TPSA) is 58.2 Å². The summed E-state index contributed by atoms with van der Waals surface area (Å²) in [5.74, 6) is 0. The first-order chi connectivity index (χ1) is 10.9. The minimum atomic E-state index is -0.238. The van der Waals surface area contributed by atoms with Crippen LogP contribution in [0.2, 0.25) is 0 Å². The van der Waals surface area contributed by atoms with Gasteiger partial charge in [-0.25, -0.2) is 0 Å². The lowest BCUT2D eigenvalue weighted by molar-refractivity contribution is 0.260. The molecule has 1 aromatic rings. The van der Waals surface area contributed by atoms with Crippen LogP contribution >= 0.6 is 25.3 Å². The number of unbranched alkanes of at least 4 members (excludes halogenated alkanes) is 2. The highest BCUT2D eigenvalue weighted by Gasteiger charge is 1.87. The molecule has 4 nitrogen and oxygen atoms in total. The van der Waals surface area contributed by atoms with Crippen LogP contribution in [0.15, 0.2) is 30.3 Å². The Labute approximate surface area is 151 Å². The van der Waals surface area contributed by atoms with Gasteiger partial charge in [0.25, 0.3) is 10.5 Å². The lowest BCUT2D eigenvalue weighted by Gasteiger charge is -1.95. The molecular formula is C17H30N2O2S2. The van der Waals surface area contributed by atoms with E-state index in [9.17, 15) is 9.59 Å². The second-order valence-electron chi connectivity index (χ2n) is 4.83. The molecule has 0 atom stereocenters. The van der Waals surface area contributed by atoms with Crippen LogP contribution in [-0.4, -0.2) is 23.6 Å². The molecule has 1 rings (SSSR count). The van der Waals surface area contributed by atoms with E-state index in [1.807, 2.05) is 18.2 Å². The zero-order chi connectivity index (χ0) is 17.9. The standard InChI is InChI=1S/C7H8.2C5H11NOS/c1-7-5-3-2-4-6-7;2*1-2-3-4-6-5(7)8/h2-6H,1H3;2*2-4H2,1H3,(H2,6,7,8). The van der Waals surface area contributed by atoms with E-state index in [4.69, 9.17) is 0 Å². The summed E-state index contributed by atoms with van der Waals surface area (Å²) in [6.45, 7) is 7.73. The third kappa shape index (κ3) is 26.1. The third-order valence-electron chi connectivity index (χ3n) is 2.55. The third-order valence-corrected chi connectivity index (χ3v) is 2.87. The zero-order valence-electron chi connectivity index (χ0n) is 14.3. The molecule has 0 spiro atoms. The van der Waals surface area contributed by atoms with Gasteiger partial charge in [0.1, 0.15) is 0 Å². The number of carbonyl (C=O) groups is 2. The number of thiol groups is 2. The Hall–Kier alpha value is -1.14. The first-order valence-corrected chi connectivity index (χ1v) is 8.78. The Kier molecular flexibility index (Phi) is 19.8. The highest BCUT2D eigenvalue weighted by Crippen LogP contribution is 1.92. The summed E-state index contributed by atoms with van der Waals surface area (Å²) in [5, 5.41) is 4.67. The van der Waals surface area contributed by atoms with Crippen molar-refractivity contribution in [2.75, 3.05) is 13.1 Å².